The maximum absolute atomic E-state index is 12.4. The zero-order valence-corrected chi connectivity index (χ0v) is 14.4. The Morgan fingerprint density at radius 1 is 1.48 bits per heavy atom. The Labute approximate surface area is 133 Å². The van der Waals surface area contributed by atoms with E-state index in [1.54, 1.807) is 4.68 Å². The lowest BCUT2D eigenvalue weighted by atomic mass is 9.77. The van der Waals surface area contributed by atoms with E-state index in [1.807, 2.05) is 20.9 Å². The van der Waals surface area contributed by atoms with Crippen molar-refractivity contribution < 1.29 is 4.79 Å². The molecule has 0 spiro atoms. The van der Waals surface area contributed by atoms with Gasteiger partial charge in [-0.05, 0) is 38.6 Å². The van der Waals surface area contributed by atoms with Crippen LogP contribution in [0.3, 0.4) is 0 Å². The minimum atomic E-state index is -0.0173. The second-order valence-electron chi connectivity index (χ2n) is 6.48. The van der Waals surface area contributed by atoms with Crippen LogP contribution < -0.4 is 10.6 Å². The molecule has 1 aromatic rings. The average molecular weight is 315 g/mol. The van der Waals surface area contributed by atoms with E-state index >= 15 is 0 Å². The number of rotatable bonds is 3. The van der Waals surface area contributed by atoms with Crippen molar-refractivity contribution in [3.8, 4) is 0 Å². The molecule has 1 fully saturated rings. The SMILES string of the molecule is Cc1nn(C)c(C)c1C(=O)NCC1NCCCC1(C)C.Cl. The minimum Gasteiger partial charge on any atom is -0.350 e. The predicted molar refractivity (Wildman–Crippen MR) is 87.1 cm³/mol. The zero-order valence-electron chi connectivity index (χ0n) is 13.6. The summed E-state index contributed by atoms with van der Waals surface area (Å²) in [5.74, 6) is -0.0173. The van der Waals surface area contributed by atoms with E-state index in [0.29, 0.717) is 18.2 Å². The van der Waals surface area contributed by atoms with Crippen LogP contribution in [0, 0.1) is 19.3 Å². The Hall–Kier alpha value is -1.07. The smallest absolute Gasteiger partial charge is 0.255 e. The molecule has 2 heterocycles. The molecule has 120 valence electrons. The van der Waals surface area contributed by atoms with Gasteiger partial charge in [-0.1, -0.05) is 13.8 Å². The summed E-state index contributed by atoms with van der Waals surface area (Å²) in [5.41, 5.74) is 2.64. The summed E-state index contributed by atoms with van der Waals surface area (Å²) in [4.78, 5) is 12.4. The molecule has 2 rings (SSSR count). The normalized spacial score (nSPS) is 20.7. The van der Waals surface area contributed by atoms with Gasteiger partial charge in [0.25, 0.3) is 5.91 Å². The van der Waals surface area contributed by atoms with Gasteiger partial charge in [0.15, 0.2) is 0 Å². The second kappa shape index (κ2) is 6.79. The molecule has 1 amide bonds. The van der Waals surface area contributed by atoms with Crippen LogP contribution >= 0.6 is 12.4 Å². The third-order valence-electron chi connectivity index (χ3n) is 4.53. The maximum atomic E-state index is 12.4. The van der Waals surface area contributed by atoms with E-state index < -0.39 is 0 Å². The van der Waals surface area contributed by atoms with E-state index in [-0.39, 0.29) is 23.7 Å². The lowest BCUT2D eigenvalue weighted by molar-refractivity contribution is 0.0927. The Morgan fingerprint density at radius 3 is 2.67 bits per heavy atom. The first-order valence-electron chi connectivity index (χ1n) is 7.34. The number of piperidine rings is 1. The highest BCUT2D eigenvalue weighted by Crippen LogP contribution is 2.29. The van der Waals surface area contributed by atoms with Gasteiger partial charge in [-0.15, -0.1) is 12.4 Å². The maximum Gasteiger partial charge on any atom is 0.255 e. The van der Waals surface area contributed by atoms with Gasteiger partial charge >= 0.3 is 0 Å². The molecule has 0 radical (unpaired) electrons. The standard InChI is InChI=1S/C15H26N4O.ClH/c1-10-13(11(2)19(5)18-10)14(20)17-9-12-15(3,4)7-6-8-16-12;/h12,16H,6-9H2,1-5H3,(H,17,20);1H. The third-order valence-corrected chi connectivity index (χ3v) is 4.53. The van der Waals surface area contributed by atoms with E-state index in [1.165, 1.54) is 12.8 Å². The summed E-state index contributed by atoms with van der Waals surface area (Å²) in [6, 6.07) is 0.331. The number of carbonyl (C=O) groups excluding carboxylic acids is 1. The molecule has 1 aliphatic rings. The molecule has 0 aromatic carbocycles. The number of hydrogen-bond donors (Lipinski definition) is 2. The number of halogens is 1. The van der Waals surface area contributed by atoms with Gasteiger partial charge in [-0.3, -0.25) is 9.48 Å². The first-order chi connectivity index (χ1) is 9.33. The second-order valence-corrected chi connectivity index (χ2v) is 6.48. The van der Waals surface area contributed by atoms with E-state index in [2.05, 4.69) is 29.6 Å². The topological polar surface area (TPSA) is 59.0 Å². The van der Waals surface area contributed by atoms with Crippen LogP contribution in [-0.2, 0) is 7.05 Å². The summed E-state index contributed by atoms with van der Waals surface area (Å²) in [7, 11) is 1.87. The van der Waals surface area contributed by atoms with E-state index in [4.69, 9.17) is 0 Å². The minimum absolute atomic E-state index is 0. The molecular weight excluding hydrogens is 288 g/mol. The lowest BCUT2D eigenvalue weighted by Gasteiger charge is -2.39. The number of nitrogens with zero attached hydrogens (tertiary/aromatic N) is 2. The van der Waals surface area contributed by atoms with Gasteiger partial charge in [0.1, 0.15) is 0 Å². The van der Waals surface area contributed by atoms with Crippen molar-refractivity contribution in [1.82, 2.24) is 20.4 Å². The summed E-state index contributed by atoms with van der Waals surface area (Å²) in [6.07, 6.45) is 2.41. The van der Waals surface area contributed by atoms with Crippen molar-refractivity contribution in [3.63, 3.8) is 0 Å². The van der Waals surface area contributed by atoms with Crippen LogP contribution in [0.25, 0.3) is 0 Å². The van der Waals surface area contributed by atoms with Crippen LogP contribution in [-0.4, -0.2) is 34.8 Å². The van der Waals surface area contributed by atoms with Gasteiger partial charge in [0.2, 0.25) is 0 Å². The molecule has 1 atom stereocenters. The zero-order chi connectivity index (χ0) is 14.9. The van der Waals surface area contributed by atoms with Crippen molar-refractivity contribution in [3.05, 3.63) is 17.0 Å². The molecule has 21 heavy (non-hydrogen) atoms. The highest BCUT2D eigenvalue weighted by Gasteiger charge is 2.32. The van der Waals surface area contributed by atoms with Crippen molar-refractivity contribution in [2.75, 3.05) is 13.1 Å². The molecule has 0 saturated carbocycles. The molecule has 2 N–H and O–H groups in total. The van der Waals surface area contributed by atoms with Crippen molar-refractivity contribution >= 4 is 18.3 Å². The monoisotopic (exact) mass is 314 g/mol. The van der Waals surface area contributed by atoms with Gasteiger partial charge in [0, 0.05) is 25.3 Å². The number of aromatic nitrogens is 2. The highest BCUT2D eigenvalue weighted by atomic mass is 35.5. The Balaban J connectivity index is 0.00000220. The van der Waals surface area contributed by atoms with Crippen LogP contribution in [0.4, 0.5) is 0 Å². The summed E-state index contributed by atoms with van der Waals surface area (Å²) in [6.45, 7) is 10.0. The van der Waals surface area contributed by atoms with Gasteiger partial charge in [0.05, 0.1) is 11.3 Å². The van der Waals surface area contributed by atoms with E-state index in [9.17, 15) is 4.79 Å². The number of aryl methyl sites for hydroxylation is 2. The molecule has 6 heteroatoms. The summed E-state index contributed by atoms with van der Waals surface area (Å²) in [5, 5.41) is 10.9. The first kappa shape index (κ1) is 18.0. The largest absolute Gasteiger partial charge is 0.350 e. The van der Waals surface area contributed by atoms with Crippen molar-refractivity contribution in [2.45, 2.75) is 46.6 Å². The highest BCUT2D eigenvalue weighted by molar-refractivity contribution is 5.96. The van der Waals surface area contributed by atoms with Crippen molar-refractivity contribution in [1.29, 1.82) is 0 Å². The molecule has 1 saturated heterocycles. The quantitative estimate of drug-likeness (QED) is 0.896. The molecule has 1 aromatic heterocycles. The first-order valence-corrected chi connectivity index (χ1v) is 7.34. The van der Waals surface area contributed by atoms with Crippen LogP contribution in [0.2, 0.25) is 0 Å². The van der Waals surface area contributed by atoms with Gasteiger partial charge in [-0.2, -0.15) is 5.10 Å². The number of amides is 1. The molecule has 0 aliphatic carbocycles. The fourth-order valence-corrected chi connectivity index (χ4v) is 3.00. The molecular formula is C15H27ClN4O. The number of carbonyl (C=O) groups is 1. The third kappa shape index (κ3) is 3.77. The molecule has 5 nitrogen and oxygen atoms in total. The van der Waals surface area contributed by atoms with E-state index in [0.717, 1.165) is 17.9 Å². The van der Waals surface area contributed by atoms with Gasteiger partial charge in [-0.25, -0.2) is 0 Å². The fraction of sp³-hybridized carbons (Fsp3) is 0.733. The molecule has 1 unspecified atom stereocenters. The number of nitrogens with one attached hydrogen (secondary N) is 2. The molecule has 0 bridgehead atoms. The van der Waals surface area contributed by atoms with Crippen LogP contribution in [0.1, 0.15) is 48.4 Å². The summed E-state index contributed by atoms with van der Waals surface area (Å²) >= 11 is 0. The Morgan fingerprint density at radius 2 is 2.14 bits per heavy atom. The Bertz CT molecular complexity index is 510. The van der Waals surface area contributed by atoms with Crippen molar-refractivity contribution in [2.24, 2.45) is 12.5 Å². The molecule has 1 aliphatic heterocycles. The van der Waals surface area contributed by atoms with Gasteiger partial charge < -0.3 is 10.6 Å². The summed E-state index contributed by atoms with van der Waals surface area (Å²) < 4.78 is 1.76. The average Bonchev–Trinajstić information content (AvgIpc) is 2.61. The van der Waals surface area contributed by atoms with Crippen LogP contribution in [0.15, 0.2) is 0 Å². The Kier molecular flexibility index (Phi) is 5.82. The lowest BCUT2D eigenvalue weighted by Crippen LogP contribution is -2.52. The predicted octanol–water partition coefficient (Wildman–Crippen LogP) is 1.97. The number of hydrogen-bond acceptors (Lipinski definition) is 3. The fourth-order valence-electron chi connectivity index (χ4n) is 3.00. The van der Waals surface area contributed by atoms with Crippen LogP contribution in [0.5, 0.6) is 0 Å².